The van der Waals surface area contributed by atoms with Crippen molar-refractivity contribution in [2.75, 3.05) is 92.4 Å². The van der Waals surface area contributed by atoms with Crippen molar-refractivity contribution in [3.8, 4) is 11.5 Å². The first-order valence-electron chi connectivity index (χ1n) is 29.3. The summed E-state index contributed by atoms with van der Waals surface area (Å²) in [5.41, 5.74) is 1.66. The number of imide groups is 2. The lowest BCUT2D eigenvalue weighted by molar-refractivity contribution is -0.384. The van der Waals surface area contributed by atoms with E-state index in [2.05, 4.69) is 5.32 Å². The van der Waals surface area contributed by atoms with Crippen molar-refractivity contribution >= 4 is 66.3 Å². The van der Waals surface area contributed by atoms with Crippen LogP contribution in [-0.2, 0) is 82.7 Å². The molecule has 522 valence electrons. The number of nitrogens with two attached hydrogens (primary N) is 1. The topological polar surface area (TPSA) is 372 Å². The summed E-state index contributed by atoms with van der Waals surface area (Å²) in [5, 5.41) is 14.3. The molecular weight excluding hydrogens is 1240 g/mol. The standard InChI is InChI=1S/C38H49N3O16.C22H44N2O10.ClH/c1-21-22(2)31(52-24(4)43)33(55-30(21)23(3)42)54-29-16-11-25(20-50-36(47)53-27-14-12-26(13-15-27)41(48)49)19-28(29)32(44)39-17-18-51-40(34(45)56-37(5,6)7)35(46)57-38(8,9)10;1-21(2,3)33-19(25)24(20(26)34-22(4,5)6)32-18-17-31-16-15-30-14-13-29-12-11-28-10-9-27-8-7-23;/h11-16,19,21-22,30-31,33H,17-18,20H2,1-10H3,(H,39,44);7-18,23H2,1-6H3;1H/t21-,22-,30-,31+,33+;;/m0../s1. The summed E-state index contributed by atoms with van der Waals surface area (Å²) in [6, 6.07) is 8.89. The predicted molar refractivity (Wildman–Crippen MR) is 327 cm³/mol. The van der Waals surface area contributed by atoms with Crippen LogP contribution >= 0.6 is 12.4 Å². The minimum absolute atomic E-state index is 0. The molecule has 0 unspecified atom stereocenters. The number of Topliss-reactive ketones (excluding diaryl/α,β-unsaturated/α-hetero) is 1. The molecule has 31 nitrogen and oxygen atoms in total. The van der Waals surface area contributed by atoms with Gasteiger partial charge in [-0.25, -0.2) is 24.0 Å². The average Bonchev–Trinajstić information content (AvgIpc) is 0.802. The Morgan fingerprint density at radius 3 is 1.42 bits per heavy atom. The van der Waals surface area contributed by atoms with Crippen molar-refractivity contribution in [3.05, 3.63) is 63.7 Å². The summed E-state index contributed by atoms with van der Waals surface area (Å²) in [4.78, 5) is 122. The van der Waals surface area contributed by atoms with Crippen LogP contribution in [-0.4, -0.2) is 197 Å². The predicted octanol–water partition coefficient (Wildman–Crippen LogP) is 8.59. The second-order valence-corrected chi connectivity index (χ2v) is 24.0. The van der Waals surface area contributed by atoms with Crippen molar-refractivity contribution in [1.29, 1.82) is 0 Å². The molecule has 1 aliphatic heterocycles. The van der Waals surface area contributed by atoms with Crippen LogP contribution in [0.15, 0.2) is 42.5 Å². The number of carbonyl (C=O) groups excluding carboxylic acids is 8. The normalized spacial score (nSPS) is 16.4. The molecule has 1 fully saturated rings. The summed E-state index contributed by atoms with van der Waals surface area (Å²) in [6.45, 7) is 29.3. The number of nitro benzene ring substituents is 1. The number of esters is 1. The van der Waals surface area contributed by atoms with Gasteiger partial charge in [-0.05, 0) is 126 Å². The van der Waals surface area contributed by atoms with Gasteiger partial charge < -0.3 is 77.4 Å². The molecule has 1 aliphatic rings. The third-order valence-corrected chi connectivity index (χ3v) is 11.3. The number of ether oxygens (including phenoxy) is 14. The molecule has 1 heterocycles. The summed E-state index contributed by atoms with van der Waals surface area (Å²) in [7, 11) is 0. The van der Waals surface area contributed by atoms with Crippen molar-refractivity contribution in [1.82, 2.24) is 15.4 Å². The van der Waals surface area contributed by atoms with E-state index >= 15 is 0 Å². The molecule has 3 rings (SSSR count). The van der Waals surface area contributed by atoms with Gasteiger partial charge in [-0.1, -0.05) is 30.0 Å². The van der Waals surface area contributed by atoms with E-state index in [9.17, 15) is 48.5 Å². The van der Waals surface area contributed by atoms with Crippen molar-refractivity contribution in [3.63, 3.8) is 0 Å². The van der Waals surface area contributed by atoms with Crippen LogP contribution in [0.1, 0.15) is 127 Å². The van der Waals surface area contributed by atoms with Gasteiger partial charge in [-0.15, -0.1) is 12.4 Å². The van der Waals surface area contributed by atoms with Crippen molar-refractivity contribution in [2.24, 2.45) is 17.6 Å². The van der Waals surface area contributed by atoms with Crippen molar-refractivity contribution < 1.29 is 119 Å². The van der Waals surface area contributed by atoms with Gasteiger partial charge in [-0.2, -0.15) is 0 Å². The molecule has 0 bridgehead atoms. The van der Waals surface area contributed by atoms with Crippen molar-refractivity contribution in [2.45, 2.75) is 158 Å². The summed E-state index contributed by atoms with van der Waals surface area (Å²) < 4.78 is 75.5. The molecule has 0 aliphatic carbocycles. The molecule has 5 atom stereocenters. The number of carbonyl (C=O) groups is 8. The molecule has 0 saturated carbocycles. The van der Waals surface area contributed by atoms with Gasteiger partial charge in [0.1, 0.15) is 46.6 Å². The van der Waals surface area contributed by atoms with Crippen LogP contribution in [0.4, 0.5) is 29.7 Å². The number of nitrogens with zero attached hydrogens (tertiary/aromatic N) is 3. The number of amides is 5. The van der Waals surface area contributed by atoms with E-state index in [1.807, 2.05) is 0 Å². The highest BCUT2D eigenvalue weighted by Crippen LogP contribution is 2.36. The zero-order chi connectivity index (χ0) is 68.7. The lowest BCUT2D eigenvalue weighted by Gasteiger charge is -2.42. The second-order valence-electron chi connectivity index (χ2n) is 24.0. The lowest BCUT2D eigenvalue weighted by Crippen LogP contribution is -2.55. The molecule has 0 radical (unpaired) electrons. The number of benzene rings is 2. The summed E-state index contributed by atoms with van der Waals surface area (Å²) in [6.07, 6.45) is -8.61. The van der Waals surface area contributed by atoms with Crippen LogP contribution < -0.4 is 20.5 Å². The van der Waals surface area contributed by atoms with E-state index < -0.39 is 107 Å². The van der Waals surface area contributed by atoms with E-state index in [4.69, 9.17) is 81.7 Å². The van der Waals surface area contributed by atoms with Gasteiger partial charge >= 0.3 is 36.5 Å². The Morgan fingerprint density at radius 2 is 1.02 bits per heavy atom. The van der Waals surface area contributed by atoms with Gasteiger partial charge in [-0.3, -0.25) is 34.2 Å². The first kappa shape index (κ1) is 82.9. The minimum Gasteiger partial charge on any atom is -0.460 e. The molecule has 3 N–H and O–H groups in total. The third kappa shape index (κ3) is 34.6. The zero-order valence-corrected chi connectivity index (χ0v) is 56.3. The maximum absolute atomic E-state index is 13.7. The quantitative estimate of drug-likeness (QED) is 0.0178. The average molecular weight is 1340 g/mol. The van der Waals surface area contributed by atoms with Gasteiger partial charge in [0.05, 0.1) is 89.8 Å². The maximum atomic E-state index is 13.7. The Bertz CT molecular complexity index is 2580. The number of hydrogen-bond donors (Lipinski definition) is 2. The second kappa shape index (κ2) is 40.8. The third-order valence-electron chi connectivity index (χ3n) is 11.3. The molecule has 0 aromatic heterocycles. The Balaban J connectivity index is 0.00000104. The van der Waals surface area contributed by atoms with E-state index in [1.54, 1.807) is 96.9 Å². The fourth-order valence-corrected chi connectivity index (χ4v) is 7.28. The molecular formula is C60H94ClN5O26. The SMILES string of the molecule is CC(=O)O[C@H]1[C@H](Oc2ccc(COC(=O)Oc3ccc([N+](=O)[O-])cc3)cc2C(=O)NCCON(C(=O)OC(C)(C)C)C(=O)OC(C)(C)C)O[C@H](C(C)=O)[C@@H](C)[C@@H]1C.CC(C)(C)OC(=O)N(OCCOCCOCCOCCOCCOCCN)C(=O)OC(C)(C)C.Cl. The van der Waals surface area contributed by atoms with E-state index in [0.717, 1.165) is 12.1 Å². The van der Waals surface area contributed by atoms with Crippen LogP contribution in [0.3, 0.4) is 0 Å². The van der Waals surface area contributed by atoms with E-state index in [0.29, 0.717) is 76.1 Å². The summed E-state index contributed by atoms with van der Waals surface area (Å²) >= 11 is 0. The monoisotopic (exact) mass is 1340 g/mol. The Hall–Kier alpha value is -7.07. The maximum Gasteiger partial charge on any atom is 0.514 e. The molecule has 92 heavy (non-hydrogen) atoms. The molecule has 1 saturated heterocycles. The molecule has 2 aromatic rings. The fraction of sp³-hybridized carbons (Fsp3) is 0.667. The van der Waals surface area contributed by atoms with Crippen LogP contribution in [0.2, 0.25) is 0 Å². The number of non-ortho nitro benzene ring substituents is 1. The highest BCUT2D eigenvalue weighted by Gasteiger charge is 2.47. The van der Waals surface area contributed by atoms with Gasteiger partial charge in [0.15, 0.2) is 11.9 Å². The number of halogens is 1. The number of hydroxylamine groups is 4. The Morgan fingerprint density at radius 1 is 0.598 bits per heavy atom. The Labute approximate surface area is 542 Å². The molecule has 5 amide bonds. The lowest BCUT2D eigenvalue weighted by atomic mass is 9.82. The first-order chi connectivity index (χ1) is 42.4. The van der Waals surface area contributed by atoms with Gasteiger partial charge in [0.2, 0.25) is 6.29 Å². The number of ketones is 1. The van der Waals surface area contributed by atoms with E-state index in [1.165, 1.54) is 44.2 Å². The van der Waals surface area contributed by atoms with Gasteiger partial charge in [0.25, 0.3) is 11.6 Å². The number of nitrogens with one attached hydrogen (secondary N) is 1. The first-order valence-corrected chi connectivity index (χ1v) is 29.3. The number of hydrogen-bond acceptors (Lipinski definition) is 27. The smallest absolute Gasteiger partial charge is 0.460 e. The number of nitro groups is 1. The molecule has 0 spiro atoms. The van der Waals surface area contributed by atoms with Gasteiger partial charge in [0, 0.05) is 38.1 Å². The largest absolute Gasteiger partial charge is 0.514 e. The molecule has 32 heteroatoms. The molecule has 2 aromatic carbocycles. The van der Waals surface area contributed by atoms with E-state index in [-0.39, 0.29) is 72.2 Å². The van der Waals surface area contributed by atoms with Crippen LogP contribution in [0.25, 0.3) is 0 Å². The Kier molecular flexibility index (Phi) is 36.8. The summed E-state index contributed by atoms with van der Waals surface area (Å²) in [5.74, 6) is -2.56. The zero-order valence-electron chi connectivity index (χ0n) is 55.5. The highest BCUT2D eigenvalue weighted by atomic mass is 35.5. The van der Waals surface area contributed by atoms with Crippen LogP contribution in [0, 0.1) is 22.0 Å². The minimum atomic E-state index is -1.33. The number of rotatable bonds is 31. The highest BCUT2D eigenvalue weighted by molar-refractivity contribution is 5.97. The van der Waals surface area contributed by atoms with Crippen LogP contribution in [0.5, 0.6) is 11.5 Å². The fourth-order valence-electron chi connectivity index (χ4n) is 7.28.